The van der Waals surface area contributed by atoms with E-state index in [4.69, 9.17) is 13.9 Å². The number of nitrogens with zero attached hydrogens (tertiary/aromatic N) is 2. The summed E-state index contributed by atoms with van der Waals surface area (Å²) in [6.07, 6.45) is 18.5. The van der Waals surface area contributed by atoms with Crippen molar-refractivity contribution in [3.05, 3.63) is 68.4 Å². The Morgan fingerprint density at radius 1 is 0.596 bits per heavy atom. The highest BCUT2D eigenvalue weighted by Crippen LogP contribution is 2.61. The molecule has 0 atom stereocenters. The first-order chi connectivity index (χ1) is 25.4. The minimum absolute atomic E-state index is 0.161. The monoisotopic (exact) mass is 786 g/mol. The van der Waals surface area contributed by atoms with Crippen LogP contribution in [0.25, 0.3) is 51.4 Å². The molecule has 6 aromatic rings. The molecule has 1 aliphatic carbocycles. The summed E-state index contributed by atoms with van der Waals surface area (Å²) >= 11 is 9.23. The van der Waals surface area contributed by atoms with Crippen molar-refractivity contribution < 1.29 is 5.11 Å². The van der Waals surface area contributed by atoms with Crippen LogP contribution < -0.4 is 0 Å². The molecule has 0 saturated carbocycles. The highest BCUT2D eigenvalue weighted by atomic mass is 32.1. The van der Waals surface area contributed by atoms with Gasteiger partial charge in [-0.25, -0.2) is 0 Å². The maximum absolute atomic E-state index is 9.12. The molecule has 5 heterocycles. The summed E-state index contributed by atoms with van der Waals surface area (Å²) in [4.78, 5) is 11.4. The van der Waals surface area contributed by atoms with Crippen LogP contribution in [0.3, 0.4) is 0 Å². The standard InChI is InChI=1S/C44H54N2OS5/c1-6-8-10-15-21-44(22-16-11-9-7-2)34-25-29(4)48-42(34)43-35(44)27-38(51-43)41-28(3)24-36(50-41)32-19-20-33(40-39(32)45-52-46-40)37-26-31(30(5)49-37)18-14-12-13-17-23-47/h19-20,24-27,47H,6-18,21-23H2,1-5H3. The van der Waals surface area contributed by atoms with E-state index in [1.807, 2.05) is 45.3 Å². The highest BCUT2D eigenvalue weighted by Gasteiger charge is 2.45. The summed E-state index contributed by atoms with van der Waals surface area (Å²) in [5.41, 5.74) is 10.7. The molecule has 52 heavy (non-hydrogen) atoms. The Morgan fingerprint density at radius 3 is 1.87 bits per heavy atom. The first-order valence-corrected chi connectivity index (χ1v) is 23.7. The number of aliphatic hydroxyl groups excluding tert-OH is 1. The fraction of sp³-hybridized carbons (Fsp3) is 0.500. The zero-order valence-electron chi connectivity index (χ0n) is 31.7. The Balaban J connectivity index is 1.20. The van der Waals surface area contributed by atoms with Gasteiger partial charge in [0.25, 0.3) is 0 Å². The number of aliphatic hydroxyl groups is 1. The lowest BCUT2D eigenvalue weighted by Crippen LogP contribution is -2.25. The molecular formula is C44H54N2OS5. The molecule has 1 aromatic carbocycles. The Labute approximate surface area is 331 Å². The summed E-state index contributed by atoms with van der Waals surface area (Å²) < 4.78 is 9.77. The largest absolute Gasteiger partial charge is 0.396 e. The number of thiophene rings is 4. The quantitative estimate of drug-likeness (QED) is 0.0832. The zero-order valence-corrected chi connectivity index (χ0v) is 35.7. The third-order valence-corrected chi connectivity index (χ3v) is 16.7. The molecule has 0 aliphatic heterocycles. The van der Waals surface area contributed by atoms with E-state index in [2.05, 4.69) is 71.0 Å². The topological polar surface area (TPSA) is 46.0 Å². The Morgan fingerprint density at radius 2 is 1.19 bits per heavy atom. The number of aryl methyl sites for hydroxylation is 4. The molecule has 3 nitrogen and oxygen atoms in total. The first-order valence-electron chi connectivity index (χ1n) is 19.7. The highest BCUT2D eigenvalue weighted by molar-refractivity contribution is 7.27. The molecule has 0 unspecified atom stereocenters. The smallest absolute Gasteiger partial charge is 0.114 e. The van der Waals surface area contributed by atoms with Crippen LogP contribution in [0.5, 0.6) is 0 Å². The number of aromatic nitrogens is 2. The van der Waals surface area contributed by atoms with Crippen LogP contribution in [0.15, 0.2) is 36.4 Å². The van der Waals surface area contributed by atoms with Gasteiger partial charge in [-0.2, -0.15) is 8.75 Å². The van der Waals surface area contributed by atoms with Gasteiger partial charge in [-0.15, -0.1) is 45.3 Å². The lowest BCUT2D eigenvalue weighted by atomic mass is 9.71. The van der Waals surface area contributed by atoms with Crippen LogP contribution in [-0.4, -0.2) is 20.5 Å². The second kappa shape index (κ2) is 17.1. The summed E-state index contributed by atoms with van der Waals surface area (Å²) in [6.45, 7) is 11.8. The predicted molar refractivity (Wildman–Crippen MR) is 232 cm³/mol. The molecular weight excluding hydrogens is 733 g/mol. The predicted octanol–water partition coefficient (Wildman–Crippen LogP) is 15.2. The molecule has 0 fully saturated rings. The maximum atomic E-state index is 9.12. The SMILES string of the molecule is CCCCCCC1(CCCCCC)c2cc(C)sc2-c2sc(-c3sc(-c4ccc(-c5cc(CCCCCCO)c(C)s5)c5nsnc45)cc3C)cc21. The number of hydrogen-bond donors (Lipinski definition) is 1. The number of rotatable bonds is 19. The van der Waals surface area contributed by atoms with Crippen molar-refractivity contribution in [1.29, 1.82) is 0 Å². The zero-order chi connectivity index (χ0) is 36.2. The molecule has 1 aliphatic rings. The van der Waals surface area contributed by atoms with E-state index >= 15 is 0 Å². The van der Waals surface area contributed by atoms with E-state index in [-0.39, 0.29) is 5.41 Å². The van der Waals surface area contributed by atoms with Crippen molar-refractivity contribution in [3.8, 4) is 40.4 Å². The number of fused-ring (bicyclic) bond motifs is 4. The fourth-order valence-corrected chi connectivity index (χ4v) is 14.0. The van der Waals surface area contributed by atoms with Gasteiger partial charge in [-0.1, -0.05) is 90.2 Å². The van der Waals surface area contributed by atoms with Crippen LogP contribution in [0, 0.1) is 20.8 Å². The van der Waals surface area contributed by atoms with Crippen molar-refractivity contribution in [2.75, 3.05) is 6.61 Å². The summed E-state index contributed by atoms with van der Waals surface area (Å²) in [5.74, 6) is 0. The first kappa shape index (κ1) is 38.1. The summed E-state index contributed by atoms with van der Waals surface area (Å²) in [6, 6.07) is 14.5. The molecule has 0 bridgehead atoms. The Hall–Kier alpha value is -2.20. The molecule has 0 amide bonds. The summed E-state index contributed by atoms with van der Waals surface area (Å²) in [5, 5.41) is 9.12. The van der Waals surface area contributed by atoms with Gasteiger partial charge in [0.15, 0.2) is 0 Å². The molecule has 8 heteroatoms. The minimum Gasteiger partial charge on any atom is -0.396 e. The van der Waals surface area contributed by atoms with E-state index in [0.717, 1.165) is 30.3 Å². The Kier molecular flexibility index (Phi) is 12.5. The van der Waals surface area contributed by atoms with E-state index in [1.54, 1.807) is 20.9 Å². The molecule has 7 rings (SSSR count). The molecule has 276 valence electrons. The number of benzene rings is 1. The second-order valence-corrected chi connectivity index (χ2v) is 20.1. The third-order valence-electron chi connectivity index (χ3n) is 11.2. The molecule has 0 radical (unpaired) electrons. The minimum atomic E-state index is 0.161. The normalized spacial score (nSPS) is 13.4. The molecule has 0 spiro atoms. The van der Waals surface area contributed by atoms with E-state index in [0.29, 0.717) is 6.61 Å². The summed E-state index contributed by atoms with van der Waals surface area (Å²) in [7, 11) is 0. The van der Waals surface area contributed by atoms with Crippen LogP contribution in [0.1, 0.15) is 136 Å². The van der Waals surface area contributed by atoms with Crippen molar-refractivity contribution in [1.82, 2.24) is 8.75 Å². The van der Waals surface area contributed by atoms with Gasteiger partial charge in [-0.3, -0.25) is 0 Å². The van der Waals surface area contributed by atoms with Crippen molar-refractivity contribution in [2.45, 2.75) is 136 Å². The van der Waals surface area contributed by atoms with Crippen LogP contribution in [0.4, 0.5) is 0 Å². The van der Waals surface area contributed by atoms with Gasteiger partial charge in [0.1, 0.15) is 11.0 Å². The molecule has 0 saturated heterocycles. The lowest BCUT2D eigenvalue weighted by Gasteiger charge is -2.31. The van der Waals surface area contributed by atoms with Crippen molar-refractivity contribution in [3.63, 3.8) is 0 Å². The van der Waals surface area contributed by atoms with Crippen LogP contribution >= 0.6 is 57.1 Å². The maximum Gasteiger partial charge on any atom is 0.114 e. The van der Waals surface area contributed by atoms with Crippen LogP contribution in [0.2, 0.25) is 0 Å². The van der Waals surface area contributed by atoms with Crippen LogP contribution in [-0.2, 0) is 11.8 Å². The van der Waals surface area contributed by atoms with Crippen molar-refractivity contribution >= 4 is 68.1 Å². The van der Waals surface area contributed by atoms with Gasteiger partial charge in [-0.05, 0) is 99.4 Å². The molecule has 1 N–H and O–H groups in total. The van der Waals surface area contributed by atoms with Gasteiger partial charge in [0.05, 0.1) is 11.7 Å². The number of hydrogen-bond acceptors (Lipinski definition) is 8. The van der Waals surface area contributed by atoms with Gasteiger partial charge in [0.2, 0.25) is 0 Å². The average Bonchev–Trinajstić information content (AvgIpc) is 3.99. The van der Waals surface area contributed by atoms with Gasteiger partial charge >= 0.3 is 0 Å². The third kappa shape index (κ3) is 7.54. The van der Waals surface area contributed by atoms with Gasteiger partial charge < -0.3 is 5.11 Å². The average molecular weight is 787 g/mol. The van der Waals surface area contributed by atoms with E-state index < -0.39 is 0 Å². The Bertz CT molecular complexity index is 2090. The second-order valence-electron chi connectivity index (χ2n) is 15.0. The van der Waals surface area contributed by atoms with Gasteiger partial charge in [0, 0.05) is 62.2 Å². The lowest BCUT2D eigenvalue weighted by molar-refractivity contribution is 0.282. The van der Waals surface area contributed by atoms with Crippen molar-refractivity contribution in [2.24, 2.45) is 0 Å². The molecule has 5 aromatic heterocycles. The number of unbranched alkanes of at least 4 members (excludes halogenated alkanes) is 9. The van der Waals surface area contributed by atoms with E-state index in [1.165, 1.54) is 140 Å². The fourth-order valence-electron chi connectivity index (χ4n) is 8.39. The van der Waals surface area contributed by atoms with E-state index in [9.17, 15) is 0 Å².